The molecule has 0 bridgehead atoms. The zero-order valence-corrected chi connectivity index (χ0v) is 16.7. The molecule has 0 spiro atoms. The summed E-state index contributed by atoms with van der Waals surface area (Å²) in [6, 6.07) is 7.34. The maximum Gasteiger partial charge on any atom is 0.234 e. The average Bonchev–Trinajstić information content (AvgIpc) is 3.10. The minimum Gasteiger partial charge on any atom is -0.325 e. The Hall–Kier alpha value is -1.39. The number of amides is 1. The van der Waals surface area contributed by atoms with E-state index in [1.54, 1.807) is 11.6 Å². The van der Waals surface area contributed by atoms with Crippen molar-refractivity contribution < 1.29 is 13.2 Å². The quantitative estimate of drug-likeness (QED) is 0.710. The molecule has 2 heterocycles. The lowest BCUT2D eigenvalue weighted by atomic mass is 10.1. The van der Waals surface area contributed by atoms with Crippen molar-refractivity contribution in [2.45, 2.75) is 17.5 Å². The number of nitrogens with one attached hydrogen (secondary N) is 1. The molecule has 1 amide bonds. The average molecular weight is 445 g/mol. The van der Waals surface area contributed by atoms with E-state index in [1.807, 2.05) is 24.3 Å². The third-order valence-electron chi connectivity index (χ3n) is 3.93. The van der Waals surface area contributed by atoms with E-state index in [9.17, 15) is 13.2 Å². The number of hydrogen-bond acceptors (Lipinski definition) is 6. The van der Waals surface area contributed by atoms with E-state index in [4.69, 9.17) is 0 Å². The number of carbonyl (C=O) groups is 1. The number of benzene rings is 1. The molecule has 1 unspecified atom stereocenters. The summed E-state index contributed by atoms with van der Waals surface area (Å²) in [5.41, 5.74) is 0.726. The molecule has 0 saturated carbocycles. The van der Waals surface area contributed by atoms with Gasteiger partial charge in [0.15, 0.2) is 15.0 Å². The Bertz CT molecular complexity index is 881. The van der Waals surface area contributed by atoms with E-state index in [0.717, 1.165) is 10.2 Å². The monoisotopic (exact) mass is 444 g/mol. The van der Waals surface area contributed by atoms with Gasteiger partial charge >= 0.3 is 0 Å². The number of rotatable bonds is 5. The lowest BCUT2D eigenvalue weighted by Gasteiger charge is -2.08. The molecule has 1 N–H and O–H groups in total. The lowest BCUT2D eigenvalue weighted by molar-refractivity contribution is -0.113. The molecule has 25 heavy (non-hydrogen) atoms. The van der Waals surface area contributed by atoms with E-state index in [1.165, 1.54) is 11.8 Å². The molecule has 1 aromatic heterocycles. The first kappa shape index (κ1) is 18.4. The van der Waals surface area contributed by atoms with Gasteiger partial charge in [0.05, 0.1) is 17.3 Å². The fourth-order valence-electron chi connectivity index (χ4n) is 2.67. The molecule has 7 nitrogen and oxygen atoms in total. The molecular weight excluding hydrogens is 428 g/mol. The number of nitrogens with zero attached hydrogens (tertiary/aromatic N) is 3. The molecule has 1 saturated heterocycles. The van der Waals surface area contributed by atoms with Gasteiger partial charge in [0.25, 0.3) is 0 Å². The van der Waals surface area contributed by atoms with Gasteiger partial charge in [-0.25, -0.2) is 8.42 Å². The van der Waals surface area contributed by atoms with Crippen LogP contribution in [0.4, 0.5) is 5.69 Å². The fraction of sp³-hybridized carbons (Fsp3) is 0.400. The minimum absolute atomic E-state index is 0.117. The number of carbonyl (C=O) groups excluding carboxylic acids is 1. The number of hydrogen-bond donors (Lipinski definition) is 1. The Morgan fingerprint density at radius 3 is 2.72 bits per heavy atom. The molecular formula is C15H17BrN4O3S2. The minimum atomic E-state index is -2.97. The van der Waals surface area contributed by atoms with Crippen molar-refractivity contribution in [2.75, 3.05) is 22.6 Å². The molecule has 0 radical (unpaired) electrons. The topological polar surface area (TPSA) is 93.9 Å². The van der Waals surface area contributed by atoms with Crippen LogP contribution in [0.1, 0.15) is 18.2 Å². The first-order valence-electron chi connectivity index (χ1n) is 7.62. The number of thioether (sulfide) groups is 1. The van der Waals surface area contributed by atoms with Gasteiger partial charge in [-0.2, -0.15) is 0 Å². The summed E-state index contributed by atoms with van der Waals surface area (Å²) in [7, 11) is -1.17. The van der Waals surface area contributed by atoms with Crippen molar-refractivity contribution in [2.24, 2.45) is 7.05 Å². The van der Waals surface area contributed by atoms with Gasteiger partial charge in [-0.3, -0.25) is 4.79 Å². The molecule has 2 aromatic rings. The van der Waals surface area contributed by atoms with Crippen molar-refractivity contribution in [3.8, 4) is 0 Å². The van der Waals surface area contributed by atoms with E-state index < -0.39 is 9.84 Å². The smallest absolute Gasteiger partial charge is 0.234 e. The Balaban J connectivity index is 1.58. The standard InChI is InChI=1S/C15H17BrN4O3S2/c1-20-14(10-6-7-25(22,23)9-10)18-19-15(20)24-8-13(21)17-12-4-2-11(16)3-5-12/h2-5,10H,6-9H2,1H3,(H,17,21). The van der Waals surface area contributed by atoms with Gasteiger partial charge in [-0.1, -0.05) is 27.7 Å². The van der Waals surface area contributed by atoms with Gasteiger partial charge in [0.2, 0.25) is 5.91 Å². The largest absolute Gasteiger partial charge is 0.325 e. The van der Waals surface area contributed by atoms with Crippen LogP contribution in [0.15, 0.2) is 33.9 Å². The molecule has 1 aromatic carbocycles. The Labute approximate surface area is 158 Å². The second-order valence-electron chi connectivity index (χ2n) is 5.84. The number of halogens is 1. The predicted molar refractivity (Wildman–Crippen MR) is 101 cm³/mol. The van der Waals surface area contributed by atoms with Crippen LogP contribution in [-0.2, 0) is 21.7 Å². The zero-order chi connectivity index (χ0) is 18.0. The number of aromatic nitrogens is 3. The molecule has 3 rings (SSSR count). The van der Waals surface area contributed by atoms with Gasteiger partial charge in [0, 0.05) is 23.1 Å². The third-order valence-corrected chi connectivity index (χ3v) is 7.24. The SMILES string of the molecule is Cn1c(SCC(=O)Nc2ccc(Br)cc2)nnc1C1CCS(=O)(=O)C1. The molecule has 1 aliphatic rings. The van der Waals surface area contributed by atoms with E-state index in [-0.39, 0.29) is 29.1 Å². The summed E-state index contributed by atoms with van der Waals surface area (Å²) in [4.78, 5) is 12.0. The molecule has 0 aliphatic carbocycles. The molecule has 1 fully saturated rings. The zero-order valence-electron chi connectivity index (χ0n) is 13.5. The van der Waals surface area contributed by atoms with Crippen LogP contribution in [-0.4, -0.2) is 46.3 Å². The molecule has 1 atom stereocenters. The van der Waals surface area contributed by atoms with Crippen molar-refractivity contribution in [1.82, 2.24) is 14.8 Å². The molecule has 1 aliphatic heterocycles. The van der Waals surface area contributed by atoms with Crippen LogP contribution < -0.4 is 5.32 Å². The summed E-state index contributed by atoms with van der Waals surface area (Å²) in [5, 5.41) is 11.6. The second-order valence-corrected chi connectivity index (χ2v) is 9.93. The maximum atomic E-state index is 12.0. The summed E-state index contributed by atoms with van der Waals surface area (Å²) in [6.07, 6.45) is 0.572. The van der Waals surface area contributed by atoms with Crippen LogP contribution in [0.2, 0.25) is 0 Å². The number of sulfone groups is 1. The summed E-state index contributed by atoms with van der Waals surface area (Å²) < 4.78 is 26.0. The van der Waals surface area contributed by atoms with Gasteiger partial charge in [-0.15, -0.1) is 10.2 Å². The highest BCUT2D eigenvalue weighted by atomic mass is 79.9. The predicted octanol–water partition coefficient (Wildman–Crippen LogP) is 2.21. The van der Waals surface area contributed by atoms with Crippen molar-refractivity contribution in [1.29, 1.82) is 0 Å². The maximum absolute atomic E-state index is 12.0. The highest BCUT2D eigenvalue weighted by Gasteiger charge is 2.32. The first-order chi connectivity index (χ1) is 11.8. The molecule has 10 heteroatoms. The third kappa shape index (κ3) is 4.62. The summed E-state index contributed by atoms with van der Waals surface area (Å²) in [6.45, 7) is 0. The van der Waals surface area contributed by atoms with Crippen molar-refractivity contribution in [3.05, 3.63) is 34.6 Å². The lowest BCUT2D eigenvalue weighted by Crippen LogP contribution is -2.14. The Morgan fingerprint density at radius 1 is 1.36 bits per heavy atom. The Morgan fingerprint density at radius 2 is 2.08 bits per heavy atom. The Kier molecular flexibility index (Phi) is 5.49. The summed E-state index contributed by atoms with van der Waals surface area (Å²) >= 11 is 4.62. The van der Waals surface area contributed by atoms with Crippen LogP contribution in [0.25, 0.3) is 0 Å². The van der Waals surface area contributed by atoms with Crippen molar-refractivity contribution in [3.63, 3.8) is 0 Å². The van der Waals surface area contributed by atoms with Gasteiger partial charge < -0.3 is 9.88 Å². The van der Waals surface area contributed by atoms with E-state index in [2.05, 4.69) is 31.4 Å². The summed E-state index contributed by atoms with van der Waals surface area (Å²) in [5.74, 6) is 0.923. The number of anilines is 1. The van der Waals surface area contributed by atoms with Crippen LogP contribution in [0, 0.1) is 0 Å². The second kappa shape index (κ2) is 7.46. The normalized spacial score (nSPS) is 19.0. The van der Waals surface area contributed by atoms with E-state index >= 15 is 0 Å². The van der Waals surface area contributed by atoms with Crippen LogP contribution in [0.3, 0.4) is 0 Å². The highest BCUT2D eigenvalue weighted by molar-refractivity contribution is 9.10. The van der Waals surface area contributed by atoms with Crippen LogP contribution >= 0.6 is 27.7 Å². The fourth-order valence-corrected chi connectivity index (χ4v) is 5.39. The first-order valence-corrected chi connectivity index (χ1v) is 11.2. The molecule has 134 valence electrons. The highest BCUT2D eigenvalue weighted by Crippen LogP contribution is 2.29. The van der Waals surface area contributed by atoms with Gasteiger partial charge in [-0.05, 0) is 30.7 Å². The van der Waals surface area contributed by atoms with Crippen molar-refractivity contribution >= 4 is 49.1 Å². The van der Waals surface area contributed by atoms with Crippen LogP contribution in [0.5, 0.6) is 0 Å². The van der Waals surface area contributed by atoms with Gasteiger partial charge in [0.1, 0.15) is 5.82 Å². The van der Waals surface area contributed by atoms with E-state index in [0.29, 0.717) is 17.4 Å².